The monoisotopic (exact) mass is 417 g/mol. The third-order valence-electron chi connectivity index (χ3n) is 4.60. The summed E-state index contributed by atoms with van der Waals surface area (Å²) in [6.07, 6.45) is -0.782. The molecular formula is C25H23NO5. The molecule has 0 fully saturated rings. The van der Waals surface area contributed by atoms with Crippen LogP contribution in [-0.4, -0.2) is 24.5 Å². The van der Waals surface area contributed by atoms with Crippen LogP contribution in [0.4, 0.5) is 4.79 Å². The lowest BCUT2D eigenvalue weighted by Gasteiger charge is -2.26. The highest BCUT2D eigenvalue weighted by Crippen LogP contribution is 2.27. The largest absolute Gasteiger partial charge is 0.465 e. The van der Waals surface area contributed by atoms with Crippen molar-refractivity contribution in [3.63, 3.8) is 0 Å². The molecule has 1 amide bonds. The number of carbonyl (C=O) groups is 3. The van der Waals surface area contributed by atoms with Gasteiger partial charge in [-0.05, 0) is 24.6 Å². The van der Waals surface area contributed by atoms with Gasteiger partial charge in [0.2, 0.25) is 0 Å². The number of para-hydroxylation sites is 1. The third-order valence-corrected chi connectivity index (χ3v) is 4.60. The molecule has 0 bridgehead atoms. The number of Topliss-reactive ketones (excluding diaryl/α,β-unsaturated/α-hetero) is 1. The highest BCUT2D eigenvalue weighted by atomic mass is 16.6. The molecule has 0 spiro atoms. The minimum atomic E-state index is -1.28. The van der Waals surface area contributed by atoms with Gasteiger partial charge in [0.1, 0.15) is 11.7 Å². The molecule has 2 unspecified atom stereocenters. The molecule has 6 nitrogen and oxygen atoms in total. The summed E-state index contributed by atoms with van der Waals surface area (Å²) in [6.45, 7) is 1.77. The van der Waals surface area contributed by atoms with Crippen LogP contribution in [0.1, 0.15) is 28.9 Å². The number of amides is 1. The first-order valence-corrected chi connectivity index (χ1v) is 9.94. The average Bonchev–Trinajstić information content (AvgIpc) is 2.80. The smallest absolute Gasteiger partial charge is 0.413 e. The molecule has 0 saturated carbocycles. The molecule has 0 aromatic heterocycles. The van der Waals surface area contributed by atoms with Crippen molar-refractivity contribution >= 4 is 17.8 Å². The van der Waals surface area contributed by atoms with E-state index in [2.05, 4.69) is 5.32 Å². The molecule has 0 aliphatic carbocycles. The second-order valence-corrected chi connectivity index (χ2v) is 6.70. The highest BCUT2D eigenvalue weighted by molar-refractivity contribution is 6.09. The van der Waals surface area contributed by atoms with E-state index in [1.165, 1.54) is 0 Å². The Morgan fingerprint density at radius 3 is 1.94 bits per heavy atom. The van der Waals surface area contributed by atoms with Crippen LogP contribution < -0.4 is 10.1 Å². The lowest BCUT2D eigenvalue weighted by Crippen LogP contribution is -2.42. The molecule has 0 saturated heterocycles. The van der Waals surface area contributed by atoms with Gasteiger partial charge in [-0.15, -0.1) is 0 Å². The van der Waals surface area contributed by atoms with Crippen LogP contribution in [0, 0.1) is 5.92 Å². The van der Waals surface area contributed by atoms with E-state index in [1.54, 1.807) is 97.9 Å². The Morgan fingerprint density at radius 2 is 1.35 bits per heavy atom. The number of benzene rings is 3. The molecule has 3 rings (SSSR count). The van der Waals surface area contributed by atoms with Crippen molar-refractivity contribution in [3.05, 3.63) is 102 Å². The van der Waals surface area contributed by atoms with Gasteiger partial charge in [0.25, 0.3) is 0 Å². The van der Waals surface area contributed by atoms with Gasteiger partial charge >= 0.3 is 12.1 Å². The van der Waals surface area contributed by atoms with Gasteiger partial charge in [0.15, 0.2) is 5.78 Å². The lowest BCUT2D eigenvalue weighted by atomic mass is 9.86. The van der Waals surface area contributed by atoms with Crippen molar-refractivity contribution in [1.82, 2.24) is 5.32 Å². The van der Waals surface area contributed by atoms with Crippen molar-refractivity contribution < 1.29 is 23.9 Å². The van der Waals surface area contributed by atoms with E-state index in [9.17, 15) is 14.4 Å². The number of carbonyl (C=O) groups excluding carboxylic acids is 3. The van der Waals surface area contributed by atoms with Crippen molar-refractivity contribution in [1.29, 1.82) is 0 Å². The van der Waals surface area contributed by atoms with Gasteiger partial charge in [-0.1, -0.05) is 78.9 Å². The minimum absolute atomic E-state index is 0.105. The van der Waals surface area contributed by atoms with Crippen molar-refractivity contribution in [2.75, 3.05) is 6.61 Å². The van der Waals surface area contributed by atoms with Crippen molar-refractivity contribution in [2.45, 2.75) is 13.0 Å². The number of ether oxygens (including phenoxy) is 2. The van der Waals surface area contributed by atoms with Crippen molar-refractivity contribution in [2.24, 2.45) is 5.92 Å². The number of ketones is 1. The first-order valence-electron chi connectivity index (χ1n) is 9.94. The Morgan fingerprint density at radius 1 is 0.806 bits per heavy atom. The zero-order chi connectivity index (χ0) is 22.1. The summed E-state index contributed by atoms with van der Waals surface area (Å²) in [7, 11) is 0. The number of hydrogen-bond acceptors (Lipinski definition) is 5. The van der Waals surface area contributed by atoms with E-state index in [-0.39, 0.29) is 6.61 Å². The quantitative estimate of drug-likeness (QED) is 0.330. The summed E-state index contributed by atoms with van der Waals surface area (Å²) in [4.78, 5) is 38.8. The lowest BCUT2D eigenvalue weighted by molar-refractivity contribution is -0.147. The predicted octanol–water partition coefficient (Wildman–Crippen LogP) is 4.58. The summed E-state index contributed by atoms with van der Waals surface area (Å²) in [5.74, 6) is -2.11. The fourth-order valence-electron chi connectivity index (χ4n) is 3.18. The first-order chi connectivity index (χ1) is 15.1. The van der Waals surface area contributed by atoms with E-state index >= 15 is 0 Å². The Labute approximate surface area is 180 Å². The molecule has 158 valence electrons. The van der Waals surface area contributed by atoms with Crippen LogP contribution in [0.3, 0.4) is 0 Å². The molecule has 3 aromatic carbocycles. The topological polar surface area (TPSA) is 81.7 Å². The van der Waals surface area contributed by atoms with E-state index in [0.29, 0.717) is 16.9 Å². The second kappa shape index (κ2) is 10.7. The molecule has 0 radical (unpaired) electrons. The molecule has 2 atom stereocenters. The Balaban J connectivity index is 1.96. The third kappa shape index (κ3) is 5.79. The molecule has 3 aromatic rings. The van der Waals surface area contributed by atoms with Crippen molar-refractivity contribution in [3.8, 4) is 5.75 Å². The van der Waals surface area contributed by atoms with Gasteiger partial charge in [-0.25, -0.2) is 4.79 Å². The SMILES string of the molecule is CCOC(=O)C(C(=O)c1ccccc1)C(NC(=O)Oc1ccccc1)c1ccccc1. The highest BCUT2D eigenvalue weighted by Gasteiger charge is 2.39. The van der Waals surface area contributed by atoms with Gasteiger partial charge < -0.3 is 14.8 Å². The molecule has 0 aliphatic heterocycles. The second-order valence-electron chi connectivity index (χ2n) is 6.70. The number of esters is 1. The fourth-order valence-corrected chi connectivity index (χ4v) is 3.18. The Kier molecular flexibility index (Phi) is 7.54. The van der Waals surface area contributed by atoms with Gasteiger partial charge in [-0.3, -0.25) is 9.59 Å². The van der Waals surface area contributed by atoms with Crippen LogP contribution >= 0.6 is 0 Å². The number of rotatable bonds is 8. The van der Waals surface area contributed by atoms with Crippen LogP contribution in [0.15, 0.2) is 91.0 Å². The molecule has 31 heavy (non-hydrogen) atoms. The zero-order valence-electron chi connectivity index (χ0n) is 17.1. The molecule has 0 aliphatic rings. The fraction of sp³-hybridized carbons (Fsp3) is 0.160. The maximum absolute atomic E-state index is 13.3. The van der Waals surface area contributed by atoms with Gasteiger partial charge in [0.05, 0.1) is 12.6 Å². The summed E-state index contributed by atoms with van der Waals surface area (Å²) < 4.78 is 10.5. The predicted molar refractivity (Wildman–Crippen MR) is 116 cm³/mol. The summed E-state index contributed by atoms with van der Waals surface area (Å²) in [5, 5.41) is 2.69. The average molecular weight is 417 g/mol. The Hall–Kier alpha value is -3.93. The minimum Gasteiger partial charge on any atom is -0.465 e. The molecule has 0 heterocycles. The van der Waals surface area contributed by atoms with Crippen LogP contribution in [-0.2, 0) is 9.53 Å². The van der Waals surface area contributed by atoms with Crippen LogP contribution in [0.5, 0.6) is 5.75 Å². The Bertz CT molecular complexity index is 1010. The van der Waals surface area contributed by atoms with E-state index < -0.39 is 29.8 Å². The normalized spacial score (nSPS) is 12.3. The van der Waals surface area contributed by atoms with E-state index in [4.69, 9.17) is 9.47 Å². The molecule has 1 N–H and O–H groups in total. The van der Waals surface area contributed by atoms with E-state index in [0.717, 1.165) is 0 Å². The maximum atomic E-state index is 13.3. The standard InChI is InChI=1S/C25H23NO5/c1-2-30-24(28)21(23(27)19-14-8-4-9-15-19)22(18-12-6-3-7-13-18)26-25(29)31-20-16-10-5-11-17-20/h3-17,21-22H,2H2,1H3,(H,26,29). The maximum Gasteiger partial charge on any atom is 0.413 e. The number of nitrogens with one attached hydrogen (secondary N) is 1. The van der Waals surface area contributed by atoms with Gasteiger partial charge in [0, 0.05) is 5.56 Å². The molecular weight excluding hydrogens is 394 g/mol. The summed E-state index contributed by atoms with van der Waals surface area (Å²) in [5.41, 5.74) is 0.926. The zero-order valence-corrected chi connectivity index (χ0v) is 17.1. The number of hydrogen-bond donors (Lipinski definition) is 1. The summed E-state index contributed by atoms with van der Waals surface area (Å²) in [6, 6.07) is 24.8. The van der Waals surface area contributed by atoms with Gasteiger partial charge in [-0.2, -0.15) is 0 Å². The van der Waals surface area contributed by atoms with Crippen LogP contribution in [0.2, 0.25) is 0 Å². The van der Waals surface area contributed by atoms with Crippen LogP contribution in [0.25, 0.3) is 0 Å². The summed E-state index contributed by atoms with van der Waals surface area (Å²) >= 11 is 0. The first kappa shape index (κ1) is 21.8. The molecule has 6 heteroatoms. The van der Waals surface area contributed by atoms with E-state index in [1.807, 2.05) is 0 Å².